The van der Waals surface area contributed by atoms with E-state index in [0.29, 0.717) is 33.4 Å². The van der Waals surface area contributed by atoms with Crippen LogP contribution in [-0.2, 0) is 6.18 Å². The molecular weight excluding hydrogens is 429 g/mol. The summed E-state index contributed by atoms with van der Waals surface area (Å²) in [7, 11) is 0. The van der Waals surface area contributed by atoms with Gasteiger partial charge in [-0.3, -0.25) is 0 Å². The van der Waals surface area contributed by atoms with Gasteiger partial charge >= 0.3 is 6.18 Å². The van der Waals surface area contributed by atoms with Crippen molar-refractivity contribution in [1.29, 1.82) is 0 Å². The Labute approximate surface area is 186 Å². The molecule has 0 bridgehead atoms. The molecule has 3 N–H and O–H groups in total. The predicted molar refractivity (Wildman–Crippen MR) is 122 cm³/mol. The third kappa shape index (κ3) is 3.78. The van der Waals surface area contributed by atoms with Crippen molar-refractivity contribution in [2.24, 2.45) is 0 Å². The Morgan fingerprint density at radius 1 is 0.788 bits per heavy atom. The largest absolute Gasteiger partial charge is 0.434 e. The molecule has 164 valence electrons. The number of nitrogens with one attached hydrogen (secondary N) is 1. The van der Waals surface area contributed by atoms with Crippen LogP contribution in [0.25, 0.3) is 33.1 Å². The molecule has 0 atom stereocenters. The number of hydrogen-bond donors (Lipinski definition) is 2. The zero-order valence-electron chi connectivity index (χ0n) is 17.4. The first-order chi connectivity index (χ1) is 15.8. The van der Waals surface area contributed by atoms with Gasteiger partial charge in [0.15, 0.2) is 5.69 Å². The van der Waals surface area contributed by atoms with E-state index < -0.39 is 11.9 Å². The number of hydrogen-bond acceptors (Lipinski definition) is 6. The van der Waals surface area contributed by atoms with Crippen molar-refractivity contribution in [2.45, 2.75) is 13.1 Å². The second-order valence-electron chi connectivity index (χ2n) is 7.49. The molecule has 6 nitrogen and oxygen atoms in total. The lowest BCUT2D eigenvalue weighted by Crippen LogP contribution is -2.12. The summed E-state index contributed by atoms with van der Waals surface area (Å²) in [5.74, 6) is -0.146. The van der Waals surface area contributed by atoms with E-state index in [2.05, 4.69) is 25.3 Å². The molecule has 2 heterocycles. The van der Waals surface area contributed by atoms with Crippen molar-refractivity contribution in [3.8, 4) is 11.3 Å². The Kier molecular flexibility index (Phi) is 4.81. The van der Waals surface area contributed by atoms with Crippen molar-refractivity contribution < 1.29 is 13.2 Å². The molecule has 3 aromatic carbocycles. The van der Waals surface area contributed by atoms with E-state index in [1.165, 1.54) is 6.07 Å². The first kappa shape index (κ1) is 20.6. The van der Waals surface area contributed by atoms with Crippen LogP contribution >= 0.6 is 0 Å². The summed E-state index contributed by atoms with van der Waals surface area (Å²) in [6.45, 7) is 1.79. The van der Waals surface area contributed by atoms with Crippen LogP contribution in [-0.4, -0.2) is 19.9 Å². The lowest BCUT2D eigenvalue weighted by atomic mass is 9.97. The zero-order chi connectivity index (χ0) is 23.2. The standard InChI is InChI=1S/C24H17F3N6/c1-13-11-12-16-20(18(13)19-15-9-5-6-10-17(15)30-22(28)31-19)32-23(33-21(16)24(25,26)27)29-14-7-3-2-4-8-14/h2-12H,1H3,(H2,28,30,31)(H,29,32,33). The Morgan fingerprint density at radius 3 is 2.27 bits per heavy atom. The fraction of sp³-hybridized carbons (Fsp3) is 0.0833. The minimum Gasteiger partial charge on any atom is -0.368 e. The lowest BCUT2D eigenvalue weighted by molar-refractivity contribution is -0.139. The monoisotopic (exact) mass is 446 g/mol. The topological polar surface area (TPSA) is 89.6 Å². The summed E-state index contributed by atoms with van der Waals surface area (Å²) in [6.07, 6.45) is -4.69. The number of nitrogens with two attached hydrogens (primary N) is 1. The number of aromatic nitrogens is 4. The first-order valence-electron chi connectivity index (χ1n) is 10.0. The van der Waals surface area contributed by atoms with Crippen LogP contribution in [0.5, 0.6) is 0 Å². The molecule has 0 amide bonds. The summed E-state index contributed by atoms with van der Waals surface area (Å²) < 4.78 is 42.1. The highest BCUT2D eigenvalue weighted by atomic mass is 19.4. The van der Waals surface area contributed by atoms with Crippen LogP contribution in [0.15, 0.2) is 66.7 Å². The zero-order valence-corrected chi connectivity index (χ0v) is 17.4. The normalized spacial score (nSPS) is 11.8. The van der Waals surface area contributed by atoms with Crippen molar-refractivity contribution in [3.63, 3.8) is 0 Å². The van der Waals surface area contributed by atoms with Gasteiger partial charge in [-0.1, -0.05) is 48.5 Å². The van der Waals surface area contributed by atoms with Crippen LogP contribution < -0.4 is 11.1 Å². The molecule has 0 aliphatic rings. The molecule has 0 fully saturated rings. The second kappa shape index (κ2) is 7.70. The number of aryl methyl sites for hydroxylation is 1. The number of fused-ring (bicyclic) bond motifs is 2. The number of para-hydroxylation sites is 2. The summed E-state index contributed by atoms with van der Waals surface area (Å²) in [6, 6.07) is 19.0. The molecule has 0 spiro atoms. The van der Waals surface area contributed by atoms with E-state index in [0.717, 1.165) is 0 Å². The quantitative estimate of drug-likeness (QED) is 0.359. The number of anilines is 3. The predicted octanol–water partition coefficient (Wildman–Crippen LogP) is 5.89. The molecule has 2 aromatic heterocycles. The molecule has 33 heavy (non-hydrogen) atoms. The van der Waals surface area contributed by atoms with Gasteiger partial charge < -0.3 is 11.1 Å². The minimum absolute atomic E-state index is 0.0211. The van der Waals surface area contributed by atoms with E-state index in [9.17, 15) is 13.2 Å². The van der Waals surface area contributed by atoms with E-state index in [1.54, 1.807) is 61.5 Å². The van der Waals surface area contributed by atoms with Crippen LogP contribution in [0.1, 0.15) is 11.3 Å². The molecule has 0 aliphatic carbocycles. The van der Waals surface area contributed by atoms with E-state index in [4.69, 9.17) is 5.73 Å². The molecule has 0 saturated heterocycles. The fourth-order valence-corrected chi connectivity index (χ4v) is 3.80. The van der Waals surface area contributed by atoms with Gasteiger partial charge in [0.25, 0.3) is 0 Å². The molecule has 5 aromatic rings. The number of nitrogen functional groups attached to an aromatic ring is 1. The van der Waals surface area contributed by atoms with Gasteiger partial charge in [0.2, 0.25) is 11.9 Å². The maximum absolute atomic E-state index is 14.0. The molecule has 0 saturated carbocycles. The Morgan fingerprint density at radius 2 is 1.52 bits per heavy atom. The van der Waals surface area contributed by atoms with E-state index in [-0.39, 0.29) is 22.8 Å². The van der Waals surface area contributed by atoms with Gasteiger partial charge in [-0.25, -0.2) is 19.9 Å². The summed E-state index contributed by atoms with van der Waals surface area (Å²) >= 11 is 0. The third-order valence-electron chi connectivity index (χ3n) is 5.23. The Bertz CT molecular complexity index is 1500. The summed E-state index contributed by atoms with van der Waals surface area (Å²) in [4.78, 5) is 16.9. The van der Waals surface area contributed by atoms with Gasteiger partial charge in [0, 0.05) is 22.0 Å². The highest BCUT2D eigenvalue weighted by Crippen LogP contribution is 2.40. The lowest BCUT2D eigenvalue weighted by Gasteiger charge is -2.16. The Hall–Kier alpha value is -4.27. The fourth-order valence-electron chi connectivity index (χ4n) is 3.80. The molecule has 0 unspecified atom stereocenters. The minimum atomic E-state index is -4.69. The Balaban J connectivity index is 1.85. The first-order valence-corrected chi connectivity index (χ1v) is 10.0. The molecule has 9 heteroatoms. The number of halogens is 3. The van der Waals surface area contributed by atoms with Gasteiger partial charge in [0.05, 0.1) is 16.7 Å². The van der Waals surface area contributed by atoms with Gasteiger partial charge in [-0.2, -0.15) is 13.2 Å². The van der Waals surface area contributed by atoms with Crippen molar-refractivity contribution in [3.05, 3.63) is 78.0 Å². The summed E-state index contributed by atoms with van der Waals surface area (Å²) in [5.41, 5.74) is 7.75. The highest BCUT2D eigenvalue weighted by Gasteiger charge is 2.36. The maximum Gasteiger partial charge on any atom is 0.434 e. The van der Waals surface area contributed by atoms with Gasteiger partial charge in [-0.15, -0.1) is 0 Å². The smallest absolute Gasteiger partial charge is 0.368 e. The van der Waals surface area contributed by atoms with Gasteiger partial charge in [-0.05, 0) is 30.7 Å². The van der Waals surface area contributed by atoms with Crippen LogP contribution in [0.3, 0.4) is 0 Å². The third-order valence-corrected chi connectivity index (χ3v) is 5.23. The number of alkyl halides is 3. The highest BCUT2D eigenvalue weighted by molar-refractivity contribution is 6.04. The average Bonchev–Trinajstić information content (AvgIpc) is 2.78. The molecule has 5 rings (SSSR count). The number of benzene rings is 3. The molecule has 0 radical (unpaired) electrons. The van der Waals surface area contributed by atoms with E-state index >= 15 is 0 Å². The number of nitrogens with zero attached hydrogens (tertiary/aromatic N) is 4. The summed E-state index contributed by atoms with van der Waals surface area (Å²) in [5, 5.41) is 3.41. The van der Waals surface area contributed by atoms with Crippen molar-refractivity contribution in [1.82, 2.24) is 19.9 Å². The average molecular weight is 446 g/mol. The second-order valence-corrected chi connectivity index (χ2v) is 7.49. The van der Waals surface area contributed by atoms with Crippen molar-refractivity contribution >= 4 is 39.4 Å². The van der Waals surface area contributed by atoms with Crippen LogP contribution in [0.4, 0.5) is 30.8 Å². The molecule has 0 aliphatic heterocycles. The molecular formula is C24H17F3N6. The van der Waals surface area contributed by atoms with Crippen LogP contribution in [0, 0.1) is 6.92 Å². The van der Waals surface area contributed by atoms with E-state index in [1.807, 2.05) is 6.07 Å². The van der Waals surface area contributed by atoms with Crippen molar-refractivity contribution in [2.75, 3.05) is 11.1 Å². The SMILES string of the molecule is Cc1ccc2c(C(F)(F)F)nc(Nc3ccccc3)nc2c1-c1nc(N)nc2ccccc12. The number of rotatable bonds is 3. The van der Waals surface area contributed by atoms with Crippen LogP contribution in [0.2, 0.25) is 0 Å². The van der Waals surface area contributed by atoms with Gasteiger partial charge in [0.1, 0.15) is 0 Å². The maximum atomic E-state index is 14.0.